The van der Waals surface area contributed by atoms with Crippen molar-refractivity contribution in [2.45, 2.75) is 10.6 Å². The Hall–Kier alpha value is -1.97. The second kappa shape index (κ2) is 6.15. The van der Waals surface area contributed by atoms with Crippen LogP contribution in [-0.2, 0) is 25.6 Å². The molecule has 0 unspecified atom stereocenters. The van der Waals surface area contributed by atoms with Gasteiger partial charge in [0.25, 0.3) is 0 Å². The molecule has 2 aromatic carbocycles. The van der Waals surface area contributed by atoms with E-state index in [-0.39, 0.29) is 15.8 Å². The molecule has 1 heterocycles. The standard InChI is InChI=1S/C15H14N2O4S3/c1-23(18,19)12-7-8-13-14(9-12)22-15(16-13)17-24(20,21)10-11-5-3-2-4-6-11/h2-9H,10H2,1H3,(H,16,17). The summed E-state index contributed by atoms with van der Waals surface area (Å²) in [5.41, 5.74) is 1.22. The maximum Gasteiger partial charge on any atom is 0.238 e. The third-order valence-electron chi connectivity index (χ3n) is 3.23. The summed E-state index contributed by atoms with van der Waals surface area (Å²) in [4.78, 5) is 4.37. The van der Waals surface area contributed by atoms with Crippen molar-refractivity contribution >= 4 is 46.5 Å². The van der Waals surface area contributed by atoms with Crippen molar-refractivity contribution in [3.63, 3.8) is 0 Å². The fraction of sp³-hybridized carbons (Fsp3) is 0.133. The molecule has 9 heteroatoms. The van der Waals surface area contributed by atoms with Crippen molar-refractivity contribution in [2.75, 3.05) is 11.0 Å². The molecule has 0 saturated heterocycles. The Morgan fingerprint density at radius 3 is 2.42 bits per heavy atom. The number of sulfone groups is 1. The van der Waals surface area contributed by atoms with E-state index in [0.29, 0.717) is 15.8 Å². The quantitative estimate of drug-likeness (QED) is 0.732. The van der Waals surface area contributed by atoms with Gasteiger partial charge in [-0.2, -0.15) is 0 Å². The molecule has 0 spiro atoms. The normalized spacial score (nSPS) is 12.4. The van der Waals surface area contributed by atoms with E-state index in [0.717, 1.165) is 17.6 Å². The minimum absolute atomic E-state index is 0.154. The van der Waals surface area contributed by atoms with Crippen LogP contribution in [0.25, 0.3) is 10.2 Å². The summed E-state index contributed by atoms with van der Waals surface area (Å²) in [6, 6.07) is 13.3. The molecule has 0 bridgehead atoms. The number of aromatic nitrogens is 1. The maximum absolute atomic E-state index is 12.2. The smallest absolute Gasteiger partial charge is 0.238 e. The fourth-order valence-electron chi connectivity index (χ4n) is 2.14. The molecule has 0 atom stereocenters. The Morgan fingerprint density at radius 1 is 1.04 bits per heavy atom. The van der Waals surface area contributed by atoms with E-state index in [4.69, 9.17) is 0 Å². The van der Waals surface area contributed by atoms with E-state index < -0.39 is 19.9 Å². The maximum atomic E-state index is 12.2. The van der Waals surface area contributed by atoms with Gasteiger partial charge >= 0.3 is 0 Å². The van der Waals surface area contributed by atoms with Gasteiger partial charge in [0.15, 0.2) is 15.0 Å². The Morgan fingerprint density at radius 2 is 1.75 bits per heavy atom. The summed E-state index contributed by atoms with van der Waals surface area (Å²) in [6.07, 6.45) is 1.12. The molecule has 24 heavy (non-hydrogen) atoms. The van der Waals surface area contributed by atoms with E-state index in [9.17, 15) is 16.8 Å². The lowest BCUT2D eigenvalue weighted by Crippen LogP contribution is -2.14. The van der Waals surface area contributed by atoms with E-state index in [1.165, 1.54) is 12.1 Å². The number of fused-ring (bicyclic) bond motifs is 1. The molecule has 1 N–H and O–H groups in total. The van der Waals surface area contributed by atoms with Crippen LogP contribution >= 0.6 is 11.3 Å². The van der Waals surface area contributed by atoms with Gasteiger partial charge in [-0.1, -0.05) is 41.7 Å². The lowest BCUT2D eigenvalue weighted by Gasteiger charge is -2.04. The van der Waals surface area contributed by atoms with Crippen LogP contribution in [0.2, 0.25) is 0 Å². The largest absolute Gasteiger partial charge is 0.258 e. The molecule has 126 valence electrons. The van der Waals surface area contributed by atoms with Crippen molar-refractivity contribution in [1.29, 1.82) is 0 Å². The lowest BCUT2D eigenvalue weighted by atomic mass is 10.2. The second-order valence-electron chi connectivity index (χ2n) is 5.27. The van der Waals surface area contributed by atoms with E-state index >= 15 is 0 Å². The van der Waals surface area contributed by atoms with Gasteiger partial charge in [0, 0.05) is 6.26 Å². The number of rotatable bonds is 5. The molecule has 1 aromatic heterocycles. The van der Waals surface area contributed by atoms with Crippen molar-refractivity contribution in [3.8, 4) is 0 Å². The molecule has 3 rings (SSSR count). The lowest BCUT2D eigenvalue weighted by molar-refractivity contribution is 0.599. The number of hydrogen-bond donors (Lipinski definition) is 1. The monoisotopic (exact) mass is 382 g/mol. The highest BCUT2D eigenvalue weighted by atomic mass is 32.2. The van der Waals surface area contributed by atoms with Crippen LogP contribution in [0, 0.1) is 0 Å². The van der Waals surface area contributed by atoms with E-state index in [2.05, 4.69) is 9.71 Å². The Balaban J connectivity index is 1.87. The molecular weight excluding hydrogens is 368 g/mol. The van der Waals surface area contributed by atoms with Crippen LogP contribution in [-0.4, -0.2) is 28.1 Å². The SMILES string of the molecule is CS(=O)(=O)c1ccc2nc(NS(=O)(=O)Cc3ccccc3)sc2c1. The molecule has 0 aliphatic rings. The molecule has 6 nitrogen and oxygen atoms in total. The number of hydrogen-bond acceptors (Lipinski definition) is 6. The highest BCUT2D eigenvalue weighted by Gasteiger charge is 2.16. The van der Waals surface area contributed by atoms with Gasteiger partial charge in [-0.3, -0.25) is 4.72 Å². The molecule has 0 aliphatic heterocycles. The van der Waals surface area contributed by atoms with Crippen molar-refractivity contribution in [1.82, 2.24) is 4.98 Å². The van der Waals surface area contributed by atoms with Crippen LogP contribution in [0.1, 0.15) is 5.56 Å². The second-order valence-corrected chi connectivity index (χ2v) is 10.0. The van der Waals surface area contributed by atoms with Gasteiger partial charge < -0.3 is 0 Å². The Kier molecular flexibility index (Phi) is 4.33. The van der Waals surface area contributed by atoms with Gasteiger partial charge in [0.05, 0.1) is 20.9 Å². The molecule has 0 radical (unpaired) electrons. The van der Waals surface area contributed by atoms with Crippen molar-refractivity contribution < 1.29 is 16.8 Å². The van der Waals surface area contributed by atoms with Gasteiger partial charge in [0.2, 0.25) is 10.0 Å². The number of nitrogens with one attached hydrogen (secondary N) is 1. The van der Waals surface area contributed by atoms with E-state index in [1.54, 1.807) is 30.3 Å². The number of anilines is 1. The minimum Gasteiger partial charge on any atom is -0.258 e. The Labute approximate surface area is 144 Å². The number of nitrogens with zero attached hydrogens (tertiary/aromatic N) is 1. The van der Waals surface area contributed by atoms with Crippen molar-refractivity contribution in [2.24, 2.45) is 0 Å². The van der Waals surface area contributed by atoms with E-state index in [1.807, 2.05) is 6.07 Å². The number of thiazole rings is 1. The average Bonchev–Trinajstić information content (AvgIpc) is 2.86. The molecule has 3 aromatic rings. The molecular formula is C15H14N2O4S3. The first-order valence-electron chi connectivity index (χ1n) is 6.88. The minimum atomic E-state index is -3.59. The molecule has 0 aliphatic carbocycles. The summed E-state index contributed by atoms with van der Waals surface area (Å²) in [6.45, 7) is 0. The van der Waals surface area contributed by atoms with Gasteiger partial charge in [-0.25, -0.2) is 21.8 Å². The van der Waals surface area contributed by atoms with Crippen LogP contribution < -0.4 is 4.72 Å². The first-order valence-corrected chi connectivity index (χ1v) is 11.2. The first-order chi connectivity index (χ1) is 11.2. The van der Waals surface area contributed by atoms with Crippen molar-refractivity contribution in [3.05, 3.63) is 54.1 Å². The predicted octanol–water partition coefficient (Wildman–Crippen LogP) is 2.64. The van der Waals surface area contributed by atoms with Crippen LogP contribution in [0.3, 0.4) is 0 Å². The summed E-state index contributed by atoms with van der Waals surface area (Å²) in [5, 5.41) is 0.214. The number of sulfonamides is 1. The van der Waals surface area contributed by atoms with Gasteiger partial charge in [-0.15, -0.1) is 0 Å². The average molecular weight is 382 g/mol. The predicted molar refractivity (Wildman–Crippen MR) is 95.4 cm³/mol. The summed E-state index contributed by atoms with van der Waals surface area (Å²) >= 11 is 1.10. The Bertz CT molecular complexity index is 1090. The fourth-order valence-corrected chi connectivity index (χ4v) is 5.18. The molecule has 0 amide bonds. The summed E-state index contributed by atoms with van der Waals surface area (Å²) in [7, 11) is -6.91. The topological polar surface area (TPSA) is 93.2 Å². The zero-order chi connectivity index (χ0) is 17.4. The zero-order valence-corrected chi connectivity index (χ0v) is 15.1. The van der Waals surface area contributed by atoms with Gasteiger partial charge in [0.1, 0.15) is 0 Å². The molecule has 0 fully saturated rings. The third kappa shape index (κ3) is 3.92. The van der Waals surface area contributed by atoms with Crippen LogP contribution in [0.4, 0.5) is 5.13 Å². The number of benzene rings is 2. The van der Waals surface area contributed by atoms with Gasteiger partial charge in [-0.05, 0) is 23.8 Å². The van der Waals surface area contributed by atoms with Crippen LogP contribution in [0.15, 0.2) is 53.4 Å². The van der Waals surface area contributed by atoms with Crippen LogP contribution in [0.5, 0.6) is 0 Å². The summed E-state index contributed by atoms with van der Waals surface area (Å²) < 4.78 is 50.7. The summed E-state index contributed by atoms with van der Waals surface area (Å²) in [5.74, 6) is -0.154. The highest BCUT2D eigenvalue weighted by molar-refractivity contribution is 7.92. The zero-order valence-electron chi connectivity index (χ0n) is 12.6. The third-order valence-corrected chi connectivity index (χ3v) is 6.62. The highest BCUT2D eigenvalue weighted by Crippen LogP contribution is 2.29. The first kappa shape index (κ1) is 16.9. The molecule has 0 saturated carbocycles.